The zero-order chi connectivity index (χ0) is 15.9. The van der Waals surface area contributed by atoms with Crippen molar-refractivity contribution in [1.82, 2.24) is 10.0 Å². The van der Waals surface area contributed by atoms with Crippen LogP contribution in [0.5, 0.6) is 0 Å². The first-order chi connectivity index (χ1) is 9.60. The number of rotatable bonds is 6. The lowest BCUT2D eigenvalue weighted by molar-refractivity contribution is 0.457. The van der Waals surface area contributed by atoms with E-state index in [1.54, 1.807) is 0 Å². The van der Waals surface area contributed by atoms with Gasteiger partial charge >= 0.3 is 0 Å². The monoisotopic (exact) mass is 310 g/mol. The predicted octanol–water partition coefficient (Wildman–Crippen LogP) is 2.26. The number of benzene rings is 1. The maximum absolute atomic E-state index is 12.4. The van der Waals surface area contributed by atoms with Crippen LogP contribution >= 0.6 is 0 Å². The quantitative estimate of drug-likeness (QED) is 0.847. The van der Waals surface area contributed by atoms with Gasteiger partial charge in [0.15, 0.2) is 0 Å². The zero-order valence-corrected chi connectivity index (χ0v) is 14.3. The minimum Gasteiger partial charge on any atom is -0.316 e. The average molecular weight is 310 g/mol. The maximum Gasteiger partial charge on any atom is 0.216 e. The lowest BCUT2D eigenvalue weighted by atomic mass is 10.0. The third-order valence-corrected chi connectivity index (χ3v) is 6.36. The molecule has 2 rings (SSSR count). The van der Waals surface area contributed by atoms with Gasteiger partial charge in [0.05, 0.1) is 5.75 Å². The molecule has 0 spiro atoms. The molecule has 1 aromatic rings. The van der Waals surface area contributed by atoms with Crippen LogP contribution in [0, 0.1) is 10.8 Å². The number of hydrogen-bond donors (Lipinski definition) is 2. The molecule has 1 aliphatic rings. The Balaban J connectivity index is 2.07. The molecular formula is C16H26N2O2S. The lowest BCUT2D eigenvalue weighted by Crippen LogP contribution is -2.31. The maximum atomic E-state index is 12.4. The van der Waals surface area contributed by atoms with Crippen molar-refractivity contribution >= 4 is 10.0 Å². The second kappa shape index (κ2) is 5.38. The Morgan fingerprint density at radius 2 is 1.67 bits per heavy atom. The van der Waals surface area contributed by atoms with Crippen LogP contribution in [0.15, 0.2) is 24.3 Å². The molecule has 1 fully saturated rings. The molecule has 1 aromatic carbocycles. The van der Waals surface area contributed by atoms with Crippen LogP contribution in [0.4, 0.5) is 0 Å². The van der Waals surface area contributed by atoms with Crippen molar-refractivity contribution in [1.29, 1.82) is 0 Å². The second-order valence-electron chi connectivity index (χ2n) is 7.10. The molecule has 0 aromatic heterocycles. The van der Waals surface area contributed by atoms with Gasteiger partial charge in [0, 0.05) is 12.6 Å². The van der Waals surface area contributed by atoms with Gasteiger partial charge in [-0.25, -0.2) is 13.1 Å². The van der Waals surface area contributed by atoms with Gasteiger partial charge in [0.25, 0.3) is 0 Å². The van der Waals surface area contributed by atoms with E-state index < -0.39 is 10.0 Å². The normalized spacial score (nSPS) is 20.4. The Kier molecular flexibility index (Phi) is 4.21. The molecule has 1 aliphatic carbocycles. The molecule has 21 heavy (non-hydrogen) atoms. The molecule has 4 nitrogen and oxygen atoms in total. The number of hydrogen-bond acceptors (Lipinski definition) is 3. The molecule has 0 bridgehead atoms. The molecule has 0 heterocycles. The molecule has 0 radical (unpaired) electrons. The Morgan fingerprint density at radius 3 is 2.19 bits per heavy atom. The molecule has 1 saturated carbocycles. The van der Waals surface area contributed by atoms with Crippen molar-refractivity contribution < 1.29 is 8.42 Å². The van der Waals surface area contributed by atoms with Gasteiger partial charge in [0.2, 0.25) is 10.0 Å². The second-order valence-corrected chi connectivity index (χ2v) is 8.86. The first kappa shape index (κ1) is 16.5. The summed E-state index contributed by atoms with van der Waals surface area (Å²) in [6, 6.07) is 7.71. The highest BCUT2D eigenvalue weighted by atomic mass is 32.2. The molecule has 0 atom stereocenters. The third kappa shape index (κ3) is 3.30. The van der Waals surface area contributed by atoms with E-state index in [4.69, 9.17) is 0 Å². The van der Waals surface area contributed by atoms with Crippen LogP contribution in [-0.2, 0) is 22.3 Å². The van der Waals surface area contributed by atoms with Crippen LogP contribution < -0.4 is 10.0 Å². The highest BCUT2D eigenvalue weighted by molar-refractivity contribution is 7.88. The van der Waals surface area contributed by atoms with Gasteiger partial charge in [-0.3, -0.25) is 0 Å². The topological polar surface area (TPSA) is 58.2 Å². The minimum absolute atomic E-state index is 0.00798. The SMILES string of the molecule is CNCc1cccc(CS(=O)(=O)NC2C(C)(C)C2(C)C)c1. The van der Waals surface area contributed by atoms with Crippen molar-refractivity contribution in [3.8, 4) is 0 Å². The summed E-state index contributed by atoms with van der Waals surface area (Å²) in [5.74, 6) is 0.0349. The Bertz CT molecular complexity index is 607. The molecule has 5 heteroatoms. The van der Waals surface area contributed by atoms with E-state index >= 15 is 0 Å². The number of sulfonamides is 1. The van der Waals surface area contributed by atoms with Crippen molar-refractivity contribution in [2.75, 3.05) is 7.05 Å². The highest BCUT2D eigenvalue weighted by Crippen LogP contribution is 2.62. The standard InChI is InChI=1S/C16H26N2O2S/c1-15(2)14(16(15,3)4)18-21(19,20)11-13-8-6-7-12(9-13)10-17-5/h6-9,14,17-18H,10-11H2,1-5H3. The van der Waals surface area contributed by atoms with Gasteiger partial charge in [-0.15, -0.1) is 0 Å². The van der Waals surface area contributed by atoms with Gasteiger partial charge in [-0.2, -0.15) is 0 Å². The lowest BCUT2D eigenvalue weighted by Gasteiger charge is -2.09. The van der Waals surface area contributed by atoms with Crippen molar-refractivity contribution in [3.63, 3.8) is 0 Å². The van der Waals surface area contributed by atoms with E-state index in [0.717, 1.165) is 17.7 Å². The van der Waals surface area contributed by atoms with Crippen LogP contribution in [0.3, 0.4) is 0 Å². The fraction of sp³-hybridized carbons (Fsp3) is 0.625. The summed E-state index contributed by atoms with van der Waals surface area (Å²) in [6.07, 6.45) is 0. The fourth-order valence-electron chi connectivity index (χ4n) is 2.97. The first-order valence-electron chi connectivity index (χ1n) is 7.32. The van der Waals surface area contributed by atoms with E-state index in [2.05, 4.69) is 37.7 Å². The van der Waals surface area contributed by atoms with Crippen molar-refractivity contribution in [2.24, 2.45) is 10.8 Å². The zero-order valence-electron chi connectivity index (χ0n) is 13.5. The smallest absolute Gasteiger partial charge is 0.216 e. The van der Waals surface area contributed by atoms with Crippen LogP contribution in [0.1, 0.15) is 38.8 Å². The molecule has 118 valence electrons. The first-order valence-corrected chi connectivity index (χ1v) is 8.98. The number of nitrogens with one attached hydrogen (secondary N) is 2. The molecule has 0 amide bonds. The van der Waals surface area contributed by atoms with Crippen molar-refractivity contribution in [2.45, 2.75) is 46.0 Å². The van der Waals surface area contributed by atoms with Crippen LogP contribution in [0.25, 0.3) is 0 Å². The molecule has 2 N–H and O–H groups in total. The average Bonchev–Trinajstić information content (AvgIpc) is 2.71. The minimum atomic E-state index is -3.32. The summed E-state index contributed by atoms with van der Waals surface area (Å²) >= 11 is 0. The molecule has 0 aliphatic heterocycles. The summed E-state index contributed by atoms with van der Waals surface area (Å²) in [5.41, 5.74) is 1.94. The summed E-state index contributed by atoms with van der Waals surface area (Å²) in [7, 11) is -1.44. The van der Waals surface area contributed by atoms with Crippen molar-refractivity contribution in [3.05, 3.63) is 35.4 Å². The summed E-state index contributed by atoms with van der Waals surface area (Å²) in [6.45, 7) is 9.16. The summed E-state index contributed by atoms with van der Waals surface area (Å²) < 4.78 is 27.6. The highest BCUT2D eigenvalue weighted by Gasteiger charge is 2.65. The molecular weight excluding hydrogens is 284 g/mol. The van der Waals surface area contributed by atoms with Gasteiger partial charge in [-0.1, -0.05) is 52.0 Å². The van der Waals surface area contributed by atoms with Gasteiger partial charge in [0.1, 0.15) is 0 Å². The van der Waals surface area contributed by atoms with E-state index in [0.29, 0.717) is 0 Å². The third-order valence-electron chi connectivity index (χ3n) is 5.05. The summed E-state index contributed by atoms with van der Waals surface area (Å²) in [4.78, 5) is 0. The largest absolute Gasteiger partial charge is 0.316 e. The van der Waals surface area contributed by atoms with Gasteiger partial charge in [-0.05, 0) is 29.0 Å². The van der Waals surface area contributed by atoms with Gasteiger partial charge < -0.3 is 5.32 Å². The van der Waals surface area contributed by atoms with E-state index in [9.17, 15) is 8.42 Å². The molecule has 0 unspecified atom stereocenters. The van der Waals surface area contributed by atoms with E-state index in [-0.39, 0.29) is 22.6 Å². The Hall–Kier alpha value is -0.910. The van der Waals surface area contributed by atoms with E-state index in [1.165, 1.54) is 0 Å². The fourth-order valence-corrected chi connectivity index (χ4v) is 4.62. The van der Waals surface area contributed by atoms with E-state index in [1.807, 2.05) is 31.3 Å². The predicted molar refractivity (Wildman–Crippen MR) is 86.3 cm³/mol. The van der Waals surface area contributed by atoms with Crippen LogP contribution in [0.2, 0.25) is 0 Å². The molecule has 0 saturated heterocycles. The summed E-state index contributed by atoms with van der Waals surface area (Å²) in [5, 5.41) is 3.07. The van der Waals surface area contributed by atoms with Crippen LogP contribution in [-0.4, -0.2) is 21.5 Å². The Labute approximate surface area is 128 Å². The Morgan fingerprint density at radius 1 is 1.10 bits per heavy atom.